The Kier molecular flexibility index (Phi) is 7.04. The smallest absolute Gasteiger partial charge is 0.224 e. The highest BCUT2D eigenvalue weighted by Crippen LogP contribution is 2.21. The van der Waals surface area contributed by atoms with Gasteiger partial charge in [-0.05, 0) is 68.1 Å². The van der Waals surface area contributed by atoms with E-state index >= 15 is 0 Å². The maximum atomic E-state index is 13.1. The van der Waals surface area contributed by atoms with Crippen molar-refractivity contribution in [1.82, 2.24) is 10.2 Å². The first-order chi connectivity index (χ1) is 13.5. The van der Waals surface area contributed by atoms with E-state index in [1.54, 1.807) is 0 Å². The van der Waals surface area contributed by atoms with Gasteiger partial charge < -0.3 is 10.1 Å². The Morgan fingerprint density at radius 3 is 2.79 bits per heavy atom. The van der Waals surface area contributed by atoms with Crippen LogP contribution in [0, 0.1) is 25.6 Å². The lowest BCUT2D eigenvalue weighted by Crippen LogP contribution is -2.43. The highest BCUT2D eigenvalue weighted by molar-refractivity contribution is 5.78. The molecule has 0 aromatic heterocycles. The molecule has 0 unspecified atom stereocenters. The fourth-order valence-corrected chi connectivity index (χ4v) is 3.62. The number of rotatable bonds is 7. The first-order valence-corrected chi connectivity index (χ1v) is 9.96. The molecule has 0 saturated carbocycles. The lowest BCUT2D eigenvalue weighted by atomic mass is 9.96. The summed E-state index contributed by atoms with van der Waals surface area (Å²) in [6, 6.07) is 12.6. The van der Waals surface area contributed by atoms with Crippen molar-refractivity contribution >= 4 is 5.91 Å². The third kappa shape index (κ3) is 5.55. The van der Waals surface area contributed by atoms with Crippen molar-refractivity contribution < 1.29 is 13.9 Å². The maximum absolute atomic E-state index is 13.1. The van der Waals surface area contributed by atoms with Crippen LogP contribution in [0.4, 0.5) is 4.39 Å². The molecule has 3 rings (SSSR count). The molecular weight excluding hydrogens is 355 g/mol. The monoisotopic (exact) mass is 384 g/mol. The number of likely N-dealkylation sites (tertiary alicyclic amines) is 1. The number of halogens is 1. The van der Waals surface area contributed by atoms with Gasteiger partial charge in [0, 0.05) is 13.1 Å². The van der Waals surface area contributed by atoms with Gasteiger partial charge in [0.2, 0.25) is 5.91 Å². The second-order valence-electron chi connectivity index (χ2n) is 7.54. The highest BCUT2D eigenvalue weighted by atomic mass is 19.1. The fourth-order valence-electron chi connectivity index (χ4n) is 3.62. The zero-order valence-electron chi connectivity index (χ0n) is 16.7. The molecule has 4 nitrogen and oxygen atoms in total. The van der Waals surface area contributed by atoms with Gasteiger partial charge in [-0.3, -0.25) is 9.69 Å². The summed E-state index contributed by atoms with van der Waals surface area (Å²) in [5.41, 5.74) is 3.41. The zero-order chi connectivity index (χ0) is 19.9. The van der Waals surface area contributed by atoms with Gasteiger partial charge in [-0.2, -0.15) is 0 Å². The first-order valence-electron chi connectivity index (χ1n) is 9.96. The van der Waals surface area contributed by atoms with Crippen molar-refractivity contribution in [3.63, 3.8) is 0 Å². The lowest BCUT2D eigenvalue weighted by Gasteiger charge is -2.32. The summed E-state index contributed by atoms with van der Waals surface area (Å²) in [6.07, 6.45) is 1.90. The molecule has 1 aliphatic heterocycles. The van der Waals surface area contributed by atoms with Gasteiger partial charge in [0.05, 0.1) is 12.5 Å². The third-order valence-electron chi connectivity index (χ3n) is 5.41. The molecule has 1 amide bonds. The van der Waals surface area contributed by atoms with Gasteiger partial charge in [-0.15, -0.1) is 0 Å². The van der Waals surface area contributed by atoms with Crippen LogP contribution in [0.5, 0.6) is 5.75 Å². The van der Waals surface area contributed by atoms with Crippen LogP contribution >= 0.6 is 0 Å². The molecule has 150 valence electrons. The lowest BCUT2D eigenvalue weighted by molar-refractivity contribution is -0.126. The highest BCUT2D eigenvalue weighted by Gasteiger charge is 2.25. The second-order valence-corrected chi connectivity index (χ2v) is 7.54. The number of nitrogens with one attached hydrogen (secondary N) is 1. The largest absolute Gasteiger partial charge is 0.491 e. The summed E-state index contributed by atoms with van der Waals surface area (Å²) < 4.78 is 18.9. The van der Waals surface area contributed by atoms with Crippen LogP contribution in [0.1, 0.15) is 29.5 Å². The van der Waals surface area contributed by atoms with E-state index in [1.165, 1.54) is 17.7 Å². The third-order valence-corrected chi connectivity index (χ3v) is 5.41. The Morgan fingerprint density at radius 1 is 1.21 bits per heavy atom. The van der Waals surface area contributed by atoms with Crippen LogP contribution < -0.4 is 10.1 Å². The Hall–Kier alpha value is -2.40. The van der Waals surface area contributed by atoms with Crippen molar-refractivity contribution in [2.75, 3.05) is 26.2 Å². The molecule has 1 heterocycles. The van der Waals surface area contributed by atoms with Crippen molar-refractivity contribution in [1.29, 1.82) is 0 Å². The number of aryl methyl sites for hydroxylation is 1. The number of carbonyl (C=O) groups is 1. The van der Waals surface area contributed by atoms with E-state index in [0.717, 1.165) is 49.4 Å². The predicted octanol–water partition coefficient (Wildman–Crippen LogP) is 3.85. The average molecular weight is 384 g/mol. The molecule has 2 aromatic rings. The summed E-state index contributed by atoms with van der Waals surface area (Å²) in [5.74, 6) is 0.739. The molecule has 2 aromatic carbocycles. The molecule has 1 N–H and O–H groups in total. The summed E-state index contributed by atoms with van der Waals surface area (Å²) in [6.45, 7) is 7.52. The Bertz CT molecular complexity index is 792. The molecule has 1 atom stereocenters. The minimum absolute atomic E-state index is 0.00472. The van der Waals surface area contributed by atoms with E-state index in [1.807, 2.05) is 31.2 Å². The number of carbonyl (C=O) groups excluding carboxylic acids is 1. The molecule has 0 aliphatic carbocycles. The first kappa shape index (κ1) is 20.3. The number of amides is 1. The van der Waals surface area contributed by atoms with E-state index in [2.05, 4.69) is 23.2 Å². The van der Waals surface area contributed by atoms with E-state index in [0.29, 0.717) is 13.2 Å². The van der Waals surface area contributed by atoms with Gasteiger partial charge >= 0.3 is 0 Å². The molecular formula is C23H29FN2O2. The van der Waals surface area contributed by atoms with Crippen molar-refractivity contribution in [2.24, 2.45) is 5.92 Å². The van der Waals surface area contributed by atoms with E-state index in [9.17, 15) is 9.18 Å². The van der Waals surface area contributed by atoms with Gasteiger partial charge in [0.1, 0.15) is 18.2 Å². The van der Waals surface area contributed by atoms with Gasteiger partial charge in [0.25, 0.3) is 0 Å². The van der Waals surface area contributed by atoms with Crippen LogP contribution in [0.25, 0.3) is 0 Å². The minimum atomic E-state index is -0.220. The van der Waals surface area contributed by atoms with Crippen LogP contribution in [0.15, 0.2) is 42.5 Å². The summed E-state index contributed by atoms with van der Waals surface area (Å²) >= 11 is 0. The van der Waals surface area contributed by atoms with Crippen LogP contribution in [0.2, 0.25) is 0 Å². The van der Waals surface area contributed by atoms with Crippen LogP contribution in [0.3, 0.4) is 0 Å². The van der Waals surface area contributed by atoms with Gasteiger partial charge in [-0.1, -0.05) is 24.3 Å². The second kappa shape index (κ2) is 9.69. The van der Waals surface area contributed by atoms with E-state index in [-0.39, 0.29) is 17.6 Å². The normalized spacial score (nSPS) is 17.3. The van der Waals surface area contributed by atoms with Gasteiger partial charge in [-0.25, -0.2) is 4.39 Å². The molecule has 0 bridgehead atoms. The van der Waals surface area contributed by atoms with Crippen LogP contribution in [-0.4, -0.2) is 37.0 Å². The minimum Gasteiger partial charge on any atom is -0.491 e. The quantitative estimate of drug-likeness (QED) is 0.738. The molecule has 5 heteroatoms. The SMILES string of the molecule is Cc1cccc(OCCNC(=O)[C@H]2CCCN(Cc3ccc(F)cc3)C2)c1C. The summed E-state index contributed by atoms with van der Waals surface area (Å²) in [4.78, 5) is 14.8. The topological polar surface area (TPSA) is 41.6 Å². The number of nitrogens with zero attached hydrogens (tertiary/aromatic N) is 1. The van der Waals surface area contributed by atoms with Gasteiger partial charge in [0.15, 0.2) is 0 Å². The zero-order valence-corrected chi connectivity index (χ0v) is 16.7. The van der Waals surface area contributed by atoms with Crippen molar-refractivity contribution in [2.45, 2.75) is 33.2 Å². The number of hydrogen-bond acceptors (Lipinski definition) is 3. The standard InChI is InChI=1S/C23H29FN2O2/c1-17-5-3-7-22(18(17)2)28-14-12-25-23(27)20-6-4-13-26(16-20)15-19-8-10-21(24)11-9-19/h3,5,7-11,20H,4,6,12-16H2,1-2H3,(H,25,27)/t20-/m0/s1. The Labute approximate surface area is 166 Å². The van der Waals surface area contributed by atoms with Crippen LogP contribution in [-0.2, 0) is 11.3 Å². The summed E-state index contributed by atoms with van der Waals surface area (Å²) in [7, 11) is 0. The van der Waals surface area contributed by atoms with E-state index in [4.69, 9.17) is 4.74 Å². The molecule has 0 radical (unpaired) electrons. The molecule has 1 fully saturated rings. The molecule has 0 spiro atoms. The number of hydrogen-bond donors (Lipinski definition) is 1. The van der Waals surface area contributed by atoms with E-state index < -0.39 is 0 Å². The number of piperidine rings is 1. The number of benzene rings is 2. The fraction of sp³-hybridized carbons (Fsp3) is 0.435. The Balaban J connectivity index is 1.42. The molecule has 1 saturated heterocycles. The summed E-state index contributed by atoms with van der Waals surface area (Å²) in [5, 5.41) is 3.01. The Morgan fingerprint density at radius 2 is 2.00 bits per heavy atom. The average Bonchev–Trinajstić information content (AvgIpc) is 2.70. The molecule has 28 heavy (non-hydrogen) atoms. The maximum Gasteiger partial charge on any atom is 0.224 e. The predicted molar refractivity (Wildman–Crippen MR) is 109 cm³/mol. The van der Waals surface area contributed by atoms with Crippen molar-refractivity contribution in [3.05, 3.63) is 65.0 Å². The van der Waals surface area contributed by atoms with Crippen molar-refractivity contribution in [3.8, 4) is 5.75 Å². The number of ether oxygens (including phenoxy) is 1. The molecule has 1 aliphatic rings.